The Bertz CT molecular complexity index is 1150. The molecule has 1 unspecified atom stereocenters. The quantitative estimate of drug-likeness (QED) is 0.592. The van der Waals surface area contributed by atoms with Crippen molar-refractivity contribution in [3.05, 3.63) is 56.9 Å². The number of aromatic amines is 1. The number of carbonyl (C=O) groups excluding carboxylic acids is 1. The summed E-state index contributed by atoms with van der Waals surface area (Å²) in [6.07, 6.45) is -3.09. The molecule has 0 amide bonds. The molecule has 164 valence electrons. The fourth-order valence-corrected chi connectivity index (χ4v) is 3.57. The average Bonchev–Trinajstić information content (AvgIpc) is 3.42. The van der Waals surface area contributed by atoms with Crippen LogP contribution < -0.4 is 20.7 Å². The van der Waals surface area contributed by atoms with E-state index in [-0.39, 0.29) is 12.4 Å². The third-order valence-corrected chi connectivity index (χ3v) is 4.99. The summed E-state index contributed by atoms with van der Waals surface area (Å²) in [5.41, 5.74) is -1.47. The van der Waals surface area contributed by atoms with Gasteiger partial charge in [-0.15, -0.1) is 0 Å². The second-order valence-electron chi connectivity index (χ2n) is 6.92. The van der Waals surface area contributed by atoms with E-state index in [1.807, 2.05) is 4.98 Å². The van der Waals surface area contributed by atoms with Gasteiger partial charge in [0, 0.05) is 12.3 Å². The molecule has 3 aliphatic heterocycles. The number of benzene rings is 1. The molecule has 1 aromatic heterocycles. The minimum atomic E-state index is -2.76. The zero-order chi connectivity index (χ0) is 21.8. The van der Waals surface area contributed by atoms with Gasteiger partial charge in [0.2, 0.25) is 6.79 Å². The van der Waals surface area contributed by atoms with Gasteiger partial charge < -0.3 is 33.5 Å². The van der Waals surface area contributed by atoms with Crippen LogP contribution in [-0.4, -0.2) is 58.6 Å². The van der Waals surface area contributed by atoms with Gasteiger partial charge in [0.25, 0.3) is 17.9 Å². The van der Waals surface area contributed by atoms with E-state index in [1.54, 1.807) is 0 Å². The van der Waals surface area contributed by atoms with Crippen molar-refractivity contribution in [2.75, 3.05) is 13.4 Å². The molecule has 5 atom stereocenters. The Hall–Kier alpha value is -3.26. The first-order chi connectivity index (χ1) is 14.8. The molecule has 2 saturated heterocycles. The molecule has 1 aromatic carbocycles. The van der Waals surface area contributed by atoms with E-state index in [9.17, 15) is 19.5 Å². The molecular formula is C18H15FN2O10. The molecule has 0 spiro atoms. The highest BCUT2D eigenvalue weighted by Gasteiger charge is 2.63. The molecule has 31 heavy (non-hydrogen) atoms. The Balaban J connectivity index is 1.36. The van der Waals surface area contributed by atoms with Crippen LogP contribution in [0.2, 0.25) is 0 Å². The van der Waals surface area contributed by atoms with Crippen LogP contribution in [0, 0.1) is 0 Å². The van der Waals surface area contributed by atoms with E-state index in [4.69, 9.17) is 28.4 Å². The highest BCUT2D eigenvalue weighted by Crippen LogP contribution is 2.45. The van der Waals surface area contributed by atoms with Crippen LogP contribution in [0.25, 0.3) is 0 Å². The number of hydrogen-bond donors (Lipinski definition) is 2. The Kier molecular flexibility index (Phi) is 4.55. The maximum atomic E-state index is 15.6. The first-order valence-corrected chi connectivity index (χ1v) is 9.08. The lowest BCUT2D eigenvalue weighted by molar-refractivity contribution is -0.286. The second kappa shape index (κ2) is 7.16. The van der Waals surface area contributed by atoms with E-state index in [1.165, 1.54) is 18.2 Å². The lowest BCUT2D eigenvalue weighted by atomic mass is 10.1. The number of nitrogens with one attached hydrogen (secondary N) is 1. The number of carbonyl (C=O) groups is 1. The zero-order valence-electron chi connectivity index (χ0n) is 15.6. The molecule has 2 N–H and O–H groups in total. The molecule has 0 bridgehead atoms. The molecule has 5 rings (SSSR count). The van der Waals surface area contributed by atoms with Gasteiger partial charge in [0.15, 0.2) is 30.4 Å². The van der Waals surface area contributed by atoms with Gasteiger partial charge >= 0.3 is 11.7 Å². The van der Waals surface area contributed by atoms with Gasteiger partial charge in [-0.3, -0.25) is 14.3 Å². The van der Waals surface area contributed by atoms with Crippen molar-refractivity contribution in [2.45, 2.75) is 30.8 Å². The average molecular weight is 438 g/mol. The first kappa shape index (κ1) is 19.7. The van der Waals surface area contributed by atoms with E-state index in [0.29, 0.717) is 11.5 Å². The van der Waals surface area contributed by atoms with E-state index in [0.717, 1.165) is 16.8 Å². The van der Waals surface area contributed by atoms with Gasteiger partial charge in [-0.25, -0.2) is 14.0 Å². The summed E-state index contributed by atoms with van der Waals surface area (Å²) in [6, 6.07) is 5.34. The monoisotopic (exact) mass is 438 g/mol. The predicted octanol–water partition coefficient (Wildman–Crippen LogP) is -0.623. The Morgan fingerprint density at radius 1 is 1.26 bits per heavy atom. The molecule has 13 heteroatoms. The zero-order valence-corrected chi connectivity index (χ0v) is 15.6. The van der Waals surface area contributed by atoms with Crippen molar-refractivity contribution in [1.29, 1.82) is 0 Å². The summed E-state index contributed by atoms with van der Waals surface area (Å²) in [6.45, 7) is -2.69. The Labute approximate surface area is 171 Å². The van der Waals surface area contributed by atoms with Crippen LogP contribution in [0.3, 0.4) is 0 Å². The number of rotatable bonds is 4. The fraction of sp³-hybridized carbons (Fsp3) is 0.389. The summed E-state index contributed by atoms with van der Waals surface area (Å²) in [4.78, 5) is 37.8. The predicted molar refractivity (Wildman–Crippen MR) is 93.9 cm³/mol. The van der Waals surface area contributed by atoms with Gasteiger partial charge in [0.05, 0.1) is 5.56 Å². The number of ether oxygens (including phenoxy) is 6. The van der Waals surface area contributed by atoms with Crippen LogP contribution in [0.5, 0.6) is 11.5 Å². The van der Waals surface area contributed by atoms with Crippen LogP contribution in [0.4, 0.5) is 4.39 Å². The number of H-pyrrole nitrogens is 1. The minimum absolute atomic E-state index is 0.0174. The number of fused-ring (bicyclic) bond motifs is 2. The molecule has 12 nitrogen and oxygen atoms in total. The molecule has 0 radical (unpaired) electrons. The van der Waals surface area contributed by atoms with Gasteiger partial charge in [-0.1, -0.05) is 0 Å². The standard InChI is InChI=1S/C18H15FN2O10/c19-18(6-26-15(23)8-1-2-9-10(5-8)28-7-27-9)13-12(29-17(25)30-13)14(31-18)21-4-3-11(22)20-16(21)24/h1-5,12-14,17,25H,6-7H2,(H,20,22,24)/t12-,13+,14-,17?,18-/m1/s1. The largest absolute Gasteiger partial charge is 0.456 e. The fourth-order valence-electron chi connectivity index (χ4n) is 3.57. The van der Waals surface area contributed by atoms with Crippen molar-refractivity contribution < 1.29 is 42.7 Å². The van der Waals surface area contributed by atoms with Gasteiger partial charge in [-0.05, 0) is 18.2 Å². The molecule has 0 saturated carbocycles. The maximum Gasteiger partial charge on any atom is 0.338 e. The molecule has 0 aliphatic carbocycles. The summed E-state index contributed by atoms with van der Waals surface area (Å²) in [5.74, 6) is -2.83. The van der Waals surface area contributed by atoms with Crippen molar-refractivity contribution in [1.82, 2.24) is 9.55 Å². The second-order valence-corrected chi connectivity index (χ2v) is 6.92. The maximum absolute atomic E-state index is 15.6. The normalized spacial score (nSPS) is 30.9. The summed E-state index contributed by atoms with van der Waals surface area (Å²) in [7, 11) is 0. The van der Waals surface area contributed by atoms with Crippen molar-refractivity contribution in [3.8, 4) is 11.5 Å². The first-order valence-electron chi connectivity index (χ1n) is 9.08. The highest BCUT2D eigenvalue weighted by atomic mass is 19.2. The minimum Gasteiger partial charge on any atom is -0.456 e. The number of esters is 1. The molecule has 2 aromatic rings. The van der Waals surface area contributed by atoms with E-state index >= 15 is 4.39 Å². The number of alkyl halides is 1. The molecular weight excluding hydrogens is 423 g/mol. The van der Waals surface area contributed by atoms with Crippen molar-refractivity contribution in [3.63, 3.8) is 0 Å². The number of hydrogen-bond acceptors (Lipinski definition) is 10. The Morgan fingerprint density at radius 2 is 2.06 bits per heavy atom. The number of aromatic nitrogens is 2. The van der Waals surface area contributed by atoms with Crippen molar-refractivity contribution >= 4 is 5.97 Å². The van der Waals surface area contributed by atoms with E-state index in [2.05, 4.69) is 0 Å². The lowest BCUT2D eigenvalue weighted by Gasteiger charge is -2.24. The lowest BCUT2D eigenvalue weighted by Crippen LogP contribution is -2.43. The molecule has 2 fully saturated rings. The smallest absolute Gasteiger partial charge is 0.338 e. The molecule has 4 heterocycles. The SMILES string of the molecule is O=C(OC[C@@]1(F)O[C@@H](n2ccc(=O)[nH]c2=O)[C@@H]2OC(O)O[C@@H]21)c1ccc2c(c1)OCO2. The third kappa shape index (κ3) is 3.37. The number of nitrogens with zero attached hydrogens (tertiary/aromatic N) is 1. The number of aliphatic hydroxyl groups excluding tert-OH is 1. The third-order valence-electron chi connectivity index (χ3n) is 4.99. The van der Waals surface area contributed by atoms with Gasteiger partial charge in [-0.2, -0.15) is 0 Å². The summed E-state index contributed by atoms with van der Waals surface area (Å²) < 4.78 is 47.4. The highest BCUT2D eigenvalue weighted by molar-refractivity contribution is 5.90. The van der Waals surface area contributed by atoms with Crippen LogP contribution in [0.15, 0.2) is 40.1 Å². The van der Waals surface area contributed by atoms with Crippen LogP contribution >= 0.6 is 0 Å². The van der Waals surface area contributed by atoms with Crippen molar-refractivity contribution in [2.24, 2.45) is 0 Å². The van der Waals surface area contributed by atoms with Crippen LogP contribution in [-0.2, 0) is 18.9 Å². The summed E-state index contributed by atoms with van der Waals surface area (Å²) >= 11 is 0. The molecule has 3 aliphatic rings. The Morgan fingerprint density at radius 3 is 2.87 bits per heavy atom. The topological polar surface area (TPSA) is 148 Å². The number of halogens is 1. The number of aliphatic hydroxyl groups is 1. The van der Waals surface area contributed by atoms with Crippen LogP contribution in [0.1, 0.15) is 16.6 Å². The summed E-state index contributed by atoms with van der Waals surface area (Å²) in [5, 5.41) is 9.64. The van der Waals surface area contributed by atoms with Gasteiger partial charge in [0.1, 0.15) is 6.10 Å². The van der Waals surface area contributed by atoms with E-state index < -0.39 is 54.6 Å².